The van der Waals surface area contributed by atoms with Crippen molar-refractivity contribution in [3.8, 4) is 22.9 Å². The number of carbonyl (C=O) groups is 2. The van der Waals surface area contributed by atoms with Crippen LogP contribution in [0.25, 0.3) is 22.3 Å². The highest BCUT2D eigenvalue weighted by Crippen LogP contribution is 2.29. The van der Waals surface area contributed by atoms with Crippen molar-refractivity contribution in [3.63, 3.8) is 0 Å². The van der Waals surface area contributed by atoms with Gasteiger partial charge >= 0.3 is 0 Å². The fraction of sp³-hybridized carbons (Fsp3) is 0.355. The van der Waals surface area contributed by atoms with Crippen molar-refractivity contribution in [2.75, 3.05) is 26.2 Å². The normalized spacial score (nSPS) is 14.0. The van der Waals surface area contributed by atoms with Gasteiger partial charge in [-0.2, -0.15) is 0 Å². The molecule has 5 heterocycles. The number of nitrogens with zero attached hydrogens (tertiary/aromatic N) is 4. The maximum Gasteiger partial charge on any atom is 0.272 e. The zero-order chi connectivity index (χ0) is 28.5. The highest BCUT2D eigenvalue weighted by Gasteiger charge is 2.22. The molecule has 2 N–H and O–H groups in total. The highest BCUT2D eigenvalue weighted by molar-refractivity contribution is 5.92. The van der Waals surface area contributed by atoms with Gasteiger partial charge in [0.15, 0.2) is 0 Å². The molecule has 1 aromatic carbocycles. The van der Waals surface area contributed by atoms with Crippen molar-refractivity contribution in [2.45, 2.75) is 46.6 Å². The van der Waals surface area contributed by atoms with Crippen molar-refractivity contribution >= 4 is 22.7 Å². The fourth-order valence-corrected chi connectivity index (χ4v) is 4.41. The standard InChI is InChI=1S/C23H20N4O3.C6H11NO.C2H6/c28-14-15-2-5-20(24-12-15)22-11-16-10-17(3-6-19(16)26-22)30-18-4-7-21(25-13-18)23(29)27-8-1-9-27;1-6(8)7-4-2-3-5-7;1-2/h2-7,10-13,26,28H,1,8-9,14H2;2-5H2,1H3;1-2H3. The minimum Gasteiger partial charge on any atom is -0.456 e. The molecule has 0 saturated carbocycles. The van der Waals surface area contributed by atoms with E-state index in [0.717, 1.165) is 60.5 Å². The van der Waals surface area contributed by atoms with Crippen molar-refractivity contribution in [3.05, 3.63) is 72.2 Å². The molecule has 0 aliphatic carbocycles. The number of ether oxygens (including phenoxy) is 1. The molecule has 0 unspecified atom stereocenters. The van der Waals surface area contributed by atoms with E-state index in [1.54, 1.807) is 36.4 Å². The number of aliphatic hydroxyl groups is 1. The third-order valence-electron chi connectivity index (χ3n) is 6.76. The van der Waals surface area contributed by atoms with Crippen LogP contribution in [0.4, 0.5) is 0 Å². The van der Waals surface area contributed by atoms with Gasteiger partial charge in [-0.05, 0) is 67.3 Å². The molecule has 2 fully saturated rings. The Labute approximate surface area is 234 Å². The van der Waals surface area contributed by atoms with Crippen LogP contribution < -0.4 is 4.74 Å². The molecule has 2 aliphatic rings. The van der Waals surface area contributed by atoms with Gasteiger partial charge in [-0.25, -0.2) is 4.98 Å². The van der Waals surface area contributed by atoms with Gasteiger partial charge in [0.05, 0.1) is 24.2 Å². The second-order valence-corrected chi connectivity index (χ2v) is 9.48. The van der Waals surface area contributed by atoms with Crippen LogP contribution in [0.5, 0.6) is 11.5 Å². The van der Waals surface area contributed by atoms with Gasteiger partial charge in [-0.1, -0.05) is 19.9 Å². The minimum absolute atomic E-state index is 0.0249. The molecule has 2 aliphatic heterocycles. The molecular weight excluding hydrogens is 506 g/mol. The summed E-state index contributed by atoms with van der Waals surface area (Å²) in [6, 6.07) is 15.0. The molecule has 2 saturated heterocycles. The van der Waals surface area contributed by atoms with Gasteiger partial charge in [0, 0.05) is 50.2 Å². The summed E-state index contributed by atoms with van der Waals surface area (Å²) in [5.41, 5.74) is 3.88. The van der Waals surface area contributed by atoms with Crippen molar-refractivity contribution in [1.29, 1.82) is 0 Å². The van der Waals surface area contributed by atoms with Crippen LogP contribution in [0.1, 0.15) is 56.1 Å². The largest absolute Gasteiger partial charge is 0.456 e. The lowest BCUT2D eigenvalue weighted by Crippen LogP contribution is -2.42. The topological polar surface area (TPSA) is 112 Å². The third kappa shape index (κ3) is 7.04. The number of amides is 2. The molecule has 210 valence electrons. The number of aromatic nitrogens is 3. The summed E-state index contributed by atoms with van der Waals surface area (Å²) in [6.45, 7) is 9.18. The Morgan fingerprint density at radius 2 is 1.60 bits per heavy atom. The molecule has 9 heteroatoms. The maximum atomic E-state index is 12.2. The molecule has 40 heavy (non-hydrogen) atoms. The Kier molecular flexibility index (Phi) is 9.86. The second-order valence-electron chi connectivity index (χ2n) is 9.48. The summed E-state index contributed by atoms with van der Waals surface area (Å²) in [5, 5.41) is 10.2. The van der Waals surface area contributed by atoms with Gasteiger partial charge in [-0.15, -0.1) is 0 Å². The van der Waals surface area contributed by atoms with E-state index < -0.39 is 0 Å². The Balaban J connectivity index is 0.000000316. The van der Waals surface area contributed by atoms with Crippen LogP contribution in [0.2, 0.25) is 0 Å². The summed E-state index contributed by atoms with van der Waals surface area (Å²) in [4.78, 5) is 38.4. The van der Waals surface area contributed by atoms with E-state index in [1.807, 2.05) is 55.1 Å². The Hall–Kier alpha value is -4.24. The molecule has 0 radical (unpaired) electrons. The van der Waals surface area contributed by atoms with E-state index >= 15 is 0 Å². The summed E-state index contributed by atoms with van der Waals surface area (Å²) < 4.78 is 5.92. The van der Waals surface area contributed by atoms with Gasteiger partial charge in [0.2, 0.25) is 5.91 Å². The van der Waals surface area contributed by atoms with Crippen LogP contribution >= 0.6 is 0 Å². The third-order valence-corrected chi connectivity index (χ3v) is 6.76. The van der Waals surface area contributed by atoms with E-state index in [0.29, 0.717) is 17.2 Å². The lowest BCUT2D eigenvalue weighted by molar-refractivity contribution is -0.127. The number of likely N-dealkylation sites (tertiary alicyclic amines) is 2. The summed E-state index contributed by atoms with van der Waals surface area (Å²) in [6.07, 6.45) is 6.69. The van der Waals surface area contributed by atoms with E-state index in [-0.39, 0.29) is 18.4 Å². The average Bonchev–Trinajstić information content (AvgIpc) is 3.65. The van der Waals surface area contributed by atoms with Crippen LogP contribution in [0.15, 0.2) is 60.9 Å². The Bertz CT molecular complexity index is 1410. The predicted octanol–water partition coefficient (Wildman–Crippen LogP) is 5.41. The van der Waals surface area contributed by atoms with E-state index in [9.17, 15) is 9.59 Å². The van der Waals surface area contributed by atoms with E-state index in [1.165, 1.54) is 12.8 Å². The zero-order valence-electron chi connectivity index (χ0n) is 23.4. The number of pyridine rings is 2. The number of hydrogen-bond acceptors (Lipinski definition) is 6. The quantitative estimate of drug-likeness (QED) is 0.348. The lowest BCUT2D eigenvalue weighted by atomic mass is 10.2. The van der Waals surface area contributed by atoms with Crippen LogP contribution in [0, 0.1) is 0 Å². The van der Waals surface area contributed by atoms with Gasteiger partial charge in [-0.3, -0.25) is 14.6 Å². The number of fused-ring (bicyclic) bond motifs is 1. The average molecular weight is 544 g/mol. The summed E-state index contributed by atoms with van der Waals surface area (Å²) >= 11 is 0. The summed E-state index contributed by atoms with van der Waals surface area (Å²) in [5.74, 6) is 1.45. The maximum absolute atomic E-state index is 12.2. The summed E-state index contributed by atoms with van der Waals surface area (Å²) in [7, 11) is 0. The number of benzene rings is 1. The number of H-pyrrole nitrogens is 1. The number of rotatable bonds is 5. The first-order chi connectivity index (χ1) is 19.5. The van der Waals surface area contributed by atoms with Crippen molar-refractivity contribution in [2.24, 2.45) is 0 Å². The van der Waals surface area contributed by atoms with Gasteiger partial charge < -0.3 is 24.6 Å². The first-order valence-corrected chi connectivity index (χ1v) is 13.9. The predicted molar refractivity (Wildman–Crippen MR) is 155 cm³/mol. The molecule has 4 aromatic rings. The molecule has 3 aromatic heterocycles. The first kappa shape index (κ1) is 28.8. The van der Waals surface area contributed by atoms with Crippen LogP contribution in [-0.2, 0) is 11.4 Å². The molecule has 2 amide bonds. The minimum atomic E-state index is -0.0327. The monoisotopic (exact) mass is 543 g/mol. The van der Waals surface area contributed by atoms with Crippen LogP contribution in [0.3, 0.4) is 0 Å². The molecular formula is C31H37N5O4. The highest BCUT2D eigenvalue weighted by atomic mass is 16.5. The number of hydrogen-bond donors (Lipinski definition) is 2. The Morgan fingerprint density at radius 1 is 0.875 bits per heavy atom. The van der Waals surface area contributed by atoms with E-state index in [4.69, 9.17) is 9.84 Å². The Morgan fingerprint density at radius 3 is 2.15 bits per heavy atom. The number of nitrogens with one attached hydrogen (secondary N) is 1. The smallest absolute Gasteiger partial charge is 0.272 e. The van der Waals surface area contributed by atoms with Crippen molar-refractivity contribution in [1.82, 2.24) is 24.8 Å². The van der Waals surface area contributed by atoms with Crippen LogP contribution in [-0.4, -0.2) is 67.9 Å². The molecule has 0 atom stereocenters. The molecule has 0 spiro atoms. The molecule has 9 nitrogen and oxygen atoms in total. The fourth-order valence-electron chi connectivity index (χ4n) is 4.41. The van der Waals surface area contributed by atoms with Gasteiger partial charge in [0.1, 0.15) is 17.2 Å². The lowest BCUT2D eigenvalue weighted by Gasteiger charge is -2.30. The number of aliphatic hydroxyl groups excluding tert-OH is 1. The first-order valence-electron chi connectivity index (χ1n) is 13.9. The zero-order valence-corrected chi connectivity index (χ0v) is 23.4. The van der Waals surface area contributed by atoms with Crippen molar-refractivity contribution < 1.29 is 19.4 Å². The number of aromatic amines is 1. The molecule has 6 rings (SSSR count). The molecule has 0 bridgehead atoms. The number of carbonyl (C=O) groups excluding carboxylic acids is 2. The SMILES string of the molecule is CC.CC(=O)N1CCCC1.O=C(c1ccc(Oc2ccc3[nH]c(-c4ccc(CO)cn4)cc3c2)cn1)N1CCC1. The van der Waals surface area contributed by atoms with Gasteiger partial charge in [0.25, 0.3) is 5.91 Å². The van der Waals surface area contributed by atoms with E-state index in [2.05, 4.69) is 15.0 Å². The second kappa shape index (κ2) is 13.7.